The molecule has 0 bridgehead atoms. The maximum absolute atomic E-state index is 9.46. The maximum Gasteiger partial charge on any atom is 0.108 e. The van der Waals surface area contributed by atoms with Crippen LogP contribution in [0, 0.1) is 11.3 Å². The predicted octanol–water partition coefficient (Wildman–Crippen LogP) is 1.44. The zero-order valence-corrected chi connectivity index (χ0v) is 12.7. The molecular weight excluding hydrogens is 236 g/mol. The van der Waals surface area contributed by atoms with Gasteiger partial charge in [0.2, 0.25) is 0 Å². The van der Waals surface area contributed by atoms with E-state index < -0.39 is 0 Å². The van der Waals surface area contributed by atoms with Crippen LogP contribution in [-0.4, -0.2) is 61.2 Å². The van der Waals surface area contributed by atoms with E-state index in [0.29, 0.717) is 12.1 Å². The third-order valence-corrected chi connectivity index (χ3v) is 5.21. The van der Waals surface area contributed by atoms with Crippen LogP contribution >= 0.6 is 0 Å². The van der Waals surface area contributed by atoms with Crippen LogP contribution in [0.15, 0.2) is 0 Å². The second kappa shape index (κ2) is 6.21. The second-order valence-corrected chi connectivity index (χ2v) is 6.23. The molecule has 2 fully saturated rings. The first-order valence-electron chi connectivity index (χ1n) is 7.68. The molecule has 0 spiro atoms. The molecule has 0 aromatic rings. The van der Waals surface area contributed by atoms with Crippen LogP contribution in [0.1, 0.15) is 39.0 Å². The van der Waals surface area contributed by atoms with E-state index in [1.165, 1.54) is 25.8 Å². The third-order valence-electron chi connectivity index (χ3n) is 5.21. The first kappa shape index (κ1) is 14.8. The molecule has 4 heteroatoms. The Morgan fingerprint density at radius 3 is 2.84 bits per heavy atom. The van der Waals surface area contributed by atoms with Gasteiger partial charge >= 0.3 is 0 Å². The summed E-state index contributed by atoms with van der Waals surface area (Å²) < 4.78 is 0. The Kier molecular flexibility index (Phi) is 4.83. The minimum absolute atomic E-state index is 0.284. The number of nitriles is 1. The van der Waals surface area contributed by atoms with Gasteiger partial charge in [-0.25, -0.2) is 0 Å². The van der Waals surface area contributed by atoms with E-state index in [2.05, 4.69) is 35.2 Å². The smallest absolute Gasteiger partial charge is 0.108 e. The van der Waals surface area contributed by atoms with E-state index in [1.807, 2.05) is 7.05 Å². The average Bonchev–Trinajstić information content (AvgIpc) is 2.47. The van der Waals surface area contributed by atoms with E-state index in [4.69, 9.17) is 0 Å². The molecular formula is C15H28N4. The molecule has 2 rings (SSSR count). The molecule has 1 saturated heterocycles. The summed E-state index contributed by atoms with van der Waals surface area (Å²) in [6.07, 6.45) is 5.63. The van der Waals surface area contributed by atoms with Crippen LogP contribution in [-0.2, 0) is 0 Å². The lowest BCUT2D eigenvalue weighted by Crippen LogP contribution is -2.58. The zero-order valence-electron chi connectivity index (χ0n) is 12.7. The van der Waals surface area contributed by atoms with Crippen molar-refractivity contribution < 1.29 is 0 Å². The molecule has 1 N–H and O–H groups in total. The number of nitrogens with one attached hydrogen (secondary N) is 1. The van der Waals surface area contributed by atoms with E-state index in [9.17, 15) is 5.26 Å². The van der Waals surface area contributed by atoms with Gasteiger partial charge in [-0.2, -0.15) is 5.26 Å². The highest BCUT2D eigenvalue weighted by Crippen LogP contribution is 2.31. The Hall–Kier alpha value is -0.630. The predicted molar refractivity (Wildman–Crippen MR) is 77.9 cm³/mol. The van der Waals surface area contributed by atoms with Crippen molar-refractivity contribution in [2.24, 2.45) is 0 Å². The zero-order chi connectivity index (χ0) is 13.9. The number of hydrogen-bond acceptors (Lipinski definition) is 4. The van der Waals surface area contributed by atoms with Crippen LogP contribution in [0.4, 0.5) is 0 Å². The topological polar surface area (TPSA) is 42.3 Å². The summed E-state index contributed by atoms with van der Waals surface area (Å²) in [6.45, 7) is 5.76. The quantitative estimate of drug-likeness (QED) is 0.837. The molecule has 2 aliphatic rings. The molecule has 0 aromatic heterocycles. The van der Waals surface area contributed by atoms with Crippen LogP contribution in [0.5, 0.6) is 0 Å². The van der Waals surface area contributed by atoms with E-state index in [0.717, 1.165) is 25.9 Å². The van der Waals surface area contributed by atoms with Crippen LogP contribution < -0.4 is 5.32 Å². The normalized spacial score (nSPS) is 38.0. The van der Waals surface area contributed by atoms with Gasteiger partial charge in [-0.15, -0.1) is 0 Å². The van der Waals surface area contributed by atoms with Gasteiger partial charge in [0.05, 0.1) is 6.07 Å². The third kappa shape index (κ3) is 3.10. The van der Waals surface area contributed by atoms with Crippen molar-refractivity contribution in [2.45, 2.75) is 56.7 Å². The van der Waals surface area contributed by atoms with Crippen LogP contribution in [0.2, 0.25) is 0 Å². The monoisotopic (exact) mass is 264 g/mol. The molecule has 0 aromatic carbocycles. The van der Waals surface area contributed by atoms with Crippen molar-refractivity contribution in [1.82, 2.24) is 15.1 Å². The number of likely N-dealkylation sites (N-methyl/N-ethyl adjacent to an activating group) is 1. The first-order chi connectivity index (χ1) is 9.14. The van der Waals surface area contributed by atoms with Crippen LogP contribution in [0.25, 0.3) is 0 Å². The largest absolute Gasteiger partial charge is 0.302 e. The lowest BCUT2D eigenvalue weighted by molar-refractivity contribution is 0.0382. The number of rotatable bonds is 3. The molecule has 3 unspecified atom stereocenters. The first-order valence-corrected chi connectivity index (χ1v) is 7.68. The lowest BCUT2D eigenvalue weighted by Gasteiger charge is -2.46. The van der Waals surface area contributed by atoms with Gasteiger partial charge in [0.1, 0.15) is 5.54 Å². The molecule has 0 radical (unpaired) electrons. The average molecular weight is 264 g/mol. The van der Waals surface area contributed by atoms with Gasteiger partial charge in [0.15, 0.2) is 0 Å². The standard InChI is InChI=1S/C15H28N4/c1-4-13-11-19(9-8-18(13)3)14-6-5-7-15(10-14,12-16)17-2/h13-14,17H,4-11H2,1-3H3. The summed E-state index contributed by atoms with van der Waals surface area (Å²) in [5, 5.41) is 12.7. The fourth-order valence-electron chi connectivity index (χ4n) is 3.68. The summed E-state index contributed by atoms with van der Waals surface area (Å²) >= 11 is 0. The molecule has 0 amide bonds. The van der Waals surface area contributed by atoms with E-state index in [-0.39, 0.29) is 5.54 Å². The Bertz CT molecular complexity index is 338. The number of piperazine rings is 1. The van der Waals surface area contributed by atoms with Crippen LogP contribution in [0.3, 0.4) is 0 Å². The molecule has 1 saturated carbocycles. The second-order valence-electron chi connectivity index (χ2n) is 6.23. The fraction of sp³-hybridized carbons (Fsp3) is 0.933. The highest BCUT2D eigenvalue weighted by molar-refractivity contribution is 5.10. The Balaban J connectivity index is 2.00. The molecule has 108 valence electrons. The van der Waals surface area contributed by atoms with Gasteiger partial charge in [-0.3, -0.25) is 4.90 Å². The van der Waals surface area contributed by atoms with E-state index in [1.54, 1.807) is 0 Å². The summed E-state index contributed by atoms with van der Waals surface area (Å²) in [6, 6.07) is 3.79. The van der Waals surface area contributed by atoms with Crippen molar-refractivity contribution in [3.63, 3.8) is 0 Å². The summed E-state index contributed by atoms with van der Waals surface area (Å²) in [5.41, 5.74) is -0.284. The fourth-order valence-corrected chi connectivity index (χ4v) is 3.68. The van der Waals surface area contributed by atoms with Gasteiger partial charge in [0, 0.05) is 31.7 Å². The molecule has 1 aliphatic heterocycles. The molecule has 1 heterocycles. The highest BCUT2D eigenvalue weighted by atomic mass is 15.3. The Labute approximate surface area is 117 Å². The van der Waals surface area contributed by atoms with Gasteiger partial charge in [-0.05, 0) is 46.2 Å². The summed E-state index contributed by atoms with van der Waals surface area (Å²) in [5.74, 6) is 0. The van der Waals surface area contributed by atoms with E-state index >= 15 is 0 Å². The van der Waals surface area contributed by atoms with Gasteiger partial charge in [0.25, 0.3) is 0 Å². The van der Waals surface area contributed by atoms with Gasteiger partial charge < -0.3 is 10.2 Å². The Morgan fingerprint density at radius 2 is 2.21 bits per heavy atom. The highest BCUT2D eigenvalue weighted by Gasteiger charge is 2.38. The molecule has 4 nitrogen and oxygen atoms in total. The number of hydrogen-bond donors (Lipinski definition) is 1. The van der Waals surface area contributed by atoms with Crippen molar-refractivity contribution in [3.05, 3.63) is 0 Å². The molecule has 3 atom stereocenters. The molecule has 19 heavy (non-hydrogen) atoms. The van der Waals surface area contributed by atoms with Crippen molar-refractivity contribution in [1.29, 1.82) is 5.26 Å². The SMILES string of the molecule is CCC1CN(C2CCCC(C#N)(NC)C2)CCN1C. The maximum atomic E-state index is 9.46. The minimum atomic E-state index is -0.284. The van der Waals surface area contributed by atoms with Crippen molar-refractivity contribution >= 4 is 0 Å². The lowest BCUT2D eigenvalue weighted by atomic mass is 9.79. The minimum Gasteiger partial charge on any atom is -0.302 e. The Morgan fingerprint density at radius 1 is 1.42 bits per heavy atom. The molecule has 1 aliphatic carbocycles. The summed E-state index contributed by atoms with van der Waals surface area (Å²) in [4.78, 5) is 5.12. The van der Waals surface area contributed by atoms with Gasteiger partial charge in [-0.1, -0.05) is 6.92 Å². The van der Waals surface area contributed by atoms with Crippen molar-refractivity contribution in [3.8, 4) is 6.07 Å². The number of nitrogens with zero attached hydrogens (tertiary/aromatic N) is 3. The van der Waals surface area contributed by atoms with Crippen molar-refractivity contribution in [2.75, 3.05) is 33.7 Å². The summed E-state index contributed by atoms with van der Waals surface area (Å²) in [7, 11) is 4.17.